The van der Waals surface area contributed by atoms with E-state index in [4.69, 9.17) is 16.7 Å². The average Bonchev–Trinajstić information content (AvgIpc) is 3.39. The van der Waals surface area contributed by atoms with Crippen LogP contribution in [0.1, 0.15) is 48.2 Å². The van der Waals surface area contributed by atoms with E-state index in [1.54, 1.807) is 12.3 Å². The van der Waals surface area contributed by atoms with Gasteiger partial charge in [0.05, 0.1) is 29.6 Å². The Kier molecular flexibility index (Phi) is 9.71. The van der Waals surface area contributed by atoms with Gasteiger partial charge in [-0.3, -0.25) is 4.68 Å². The number of hydrogen-bond donors (Lipinski definition) is 2. The molecular formula is C33H41ClN6O3S. The Morgan fingerprint density at radius 1 is 1.05 bits per heavy atom. The van der Waals surface area contributed by atoms with Gasteiger partial charge in [0, 0.05) is 54.6 Å². The molecule has 2 aromatic heterocycles. The number of piperidine rings is 2. The van der Waals surface area contributed by atoms with E-state index < -0.39 is 16.1 Å². The van der Waals surface area contributed by atoms with Crippen molar-refractivity contribution in [3.63, 3.8) is 0 Å². The maximum Gasteiger partial charge on any atom is 0.211 e. The molecule has 1 aromatic carbocycles. The Morgan fingerprint density at radius 3 is 2.55 bits per heavy atom. The van der Waals surface area contributed by atoms with Crippen molar-refractivity contribution in [2.24, 2.45) is 11.8 Å². The predicted octanol–water partition coefficient (Wildman–Crippen LogP) is 3.39. The molecule has 234 valence electrons. The first-order valence-corrected chi connectivity index (χ1v) is 17.8. The van der Waals surface area contributed by atoms with Gasteiger partial charge in [-0.2, -0.15) is 9.40 Å². The zero-order chi connectivity index (χ0) is 30.7. The molecule has 9 nitrogen and oxygen atoms in total. The first-order valence-electron chi connectivity index (χ1n) is 15.6. The van der Waals surface area contributed by atoms with E-state index in [0.29, 0.717) is 48.0 Å². The van der Waals surface area contributed by atoms with E-state index in [2.05, 4.69) is 27.0 Å². The van der Waals surface area contributed by atoms with Gasteiger partial charge in [0.25, 0.3) is 0 Å². The number of hydrogen-bond acceptors (Lipinski definition) is 7. The third-order valence-electron chi connectivity index (χ3n) is 9.33. The summed E-state index contributed by atoms with van der Waals surface area (Å²) in [6, 6.07) is 11.1. The van der Waals surface area contributed by atoms with Crippen molar-refractivity contribution in [1.82, 2.24) is 29.3 Å². The summed E-state index contributed by atoms with van der Waals surface area (Å²) in [6.07, 6.45) is 7.84. The van der Waals surface area contributed by atoms with Gasteiger partial charge in [-0.1, -0.05) is 29.7 Å². The van der Waals surface area contributed by atoms with Crippen LogP contribution < -0.4 is 5.32 Å². The number of pyridine rings is 1. The highest BCUT2D eigenvalue weighted by atomic mass is 35.5. The molecule has 1 atom stereocenters. The van der Waals surface area contributed by atoms with Gasteiger partial charge in [-0.25, -0.2) is 13.4 Å². The molecule has 0 spiro atoms. The van der Waals surface area contributed by atoms with Gasteiger partial charge in [0.2, 0.25) is 10.0 Å². The summed E-state index contributed by atoms with van der Waals surface area (Å²) in [6.45, 7) is 5.90. The minimum atomic E-state index is -3.38. The summed E-state index contributed by atoms with van der Waals surface area (Å²) in [5.41, 5.74) is 4.62. The SMILES string of the molecule is CS(=O)(=O)N1CCc2c(c(-c3ccc(Cl)c(C#Cc4ccccn4)c3)nn2C[C@@H](O)CN2CCC(C3CCNCC3)CC2)C1. The number of fused-ring (bicyclic) bond motifs is 1. The van der Waals surface area contributed by atoms with Gasteiger partial charge in [-0.15, -0.1) is 0 Å². The first kappa shape index (κ1) is 31.2. The minimum Gasteiger partial charge on any atom is -0.390 e. The molecule has 0 aliphatic carbocycles. The lowest BCUT2D eigenvalue weighted by Crippen LogP contribution is -2.43. The van der Waals surface area contributed by atoms with Crippen molar-refractivity contribution in [3.05, 3.63) is 70.1 Å². The molecule has 3 aliphatic heterocycles. The van der Waals surface area contributed by atoms with Gasteiger partial charge in [0.1, 0.15) is 5.69 Å². The number of β-amino-alcohol motifs (C(OH)–C–C–N with tert-alkyl or cyclic N) is 1. The smallest absolute Gasteiger partial charge is 0.211 e. The number of benzene rings is 1. The van der Waals surface area contributed by atoms with Crippen LogP contribution in [0, 0.1) is 23.7 Å². The van der Waals surface area contributed by atoms with Crippen molar-refractivity contribution in [2.75, 3.05) is 45.5 Å². The Labute approximate surface area is 265 Å². The number of rotatable bonds is 7. The second kappa shape index (κ2) is 13.7. The summed E-state index contributed by atoms with van der Waals surface area (Å²) >= 11 is 6.52. The molecule has 5 heterocycles. The maximum atomic E-state index is 12.5. The van der Waals surface area contributed by atoms with Crippen LogP contribution in [0.2, 0.25) is 5.02 Å². The summed E-state index contributed by atoms with van der Waals surface area (Å²) in [5.74, 6) is 7.81. The van der Waals surface area contributed by atoms with Gasteiger partial charge in [-0.05, 0) is 93.9 Å². The normalized spacial score (nSPS) is 19.7. The van der Waals surface area contributed by atoms with Gasteiger partial charge >= 0.3 is 0 Å². The van der Waals surface area contributed by atoms with Crippen molar-refractivity contribution < 1.29 is 13.5 Å². The summed E-state index contributed by atoms with van der Waals surface area (Å²) in [4.78, 5) is 6.65. The molecule has 0 saturated carbocycles. The summed E-state index contributed by atoms with van der Waals surface area (Å²) in [7, 11) is -3.38. The molecule has 2 saturated heterocycles. The number of sulfonamides is 1. The van der Waals surface area contributed by atoms with E-state index in [-0.39, 0.29) is 6.54 Å². The van der Waals surface area contributed by atoms with Gasteiger partial charge in [0.15, 0.2) is 0 Å². The van der Waals surface area contributed by atoms with E-state index in [9.17, 15) is 13.5 Å². The Bertz CT molecular complexity index is 1620. The average molecular weight is 637 g/mol. The van der Waals surface area contributed by atoms with Crippen LogP contribution in [-0.2, 0) is 29.5 Å². The standard InChI is InChI=1S/C33H41ClN6O3S/c1-44(42,43)39-19-13-32-30(23-39)33(27-6-8-31(34)26(20-27)5-7-28-4-2-3-14-36-28)37-40(32)22-29(41)21-38-17-11-25(12-18-38)24-9-15-35-16-10-24/h2-4,6,8,14,20,24-25,29,35,41H,9-13,15-19,21-23H2,1H3/t29-/m0/s1. The van der Waals surface area contributed by atoms with Crippen LogP contribution in [0.25, 0.3) is 11.3 Å². The summed E-state index contributed by atoms with van der Waals surface area (Å²) in [5, 5.41) is 20.2. The fraction of sp³-hybridized carbons (Fsp3) is 0.515. The highest BCUT2D eigenvalue weighted by Crippen LogP contribution is 2.34. The predicted molar refractivity (Wildman–Crippen MR) is 173 cm³/mol. The number of nitrogens with one attached hydrogen (secondary N) is 1. The molecular weight excluding hydrogens is 596 g/mol. The molecule has 2 N–H and O–H groups in total. The molecule has 44 heavy (non-hydrogen) atoms. The number of halogens is 1. The Balaban J connectivity index is 1.21. The van der Waals surface area contributed by atoms with Crippen molar-refractivity contribution in [2.45, 2.75) is 51.3 Å². The molecule has 0 unspecified atom stereocenters. The zero-order valence-corrected chi connectivity index (χ0v) is 26.8. The zero-order valence-electron chi connectivity index (χ0n) is 25.3. The minimum absolute atomic E-state index is 0.237. The summed E-state index contributed by atoms with van der Waals surface area (Å²) < 4.78 is 28.4. The number of likely N-dealkylation sites (tertiary alicyclic amines) is 1. The third kappa shape index (κ3) is 7.36. The van der Waals surface area contributed by atoms with Crippen LogP contribution >= 0.6 is 11.6 Å². The van der Waals surface area contributed by atoms with Crippen molar-refractivity contribution >= 4 is 21.6 Å². The molecule has 6 rings (SSSR count). The molecule has 3 aliphatic rings. The van der Waals surface area contributed by atoms with Crippen LogP contribution in [-0.4, -0.2) is 89.1 Å². The van der Waals surface area contributed by atoms with E-state index >= 15 is 0 Å². The Morgan fingerprint density at radius 2 is 1.82 bits per heavy atom. The number of nitrogens with zero attached hydrogens (tertiary/aromatic N) is 5. The highest BCUT2D eigenvalue weighted by molar-refractivity contribution is 7.88. The molecule has 11 heteroatoms. The third-order valence-corrected chi connectivity index (χ3v) is 10.9. The quantitative estimate of drug-likeness (QED) is 0.383. The van der Waals surface area contributed by atoms with Crippen LogP contribution in [0.4, 0.5) is 0 Å². The lowest BCUT2D eigenvalue weighted by atomic mass is 9.79. The lowest BCUT2D eigenvalue weighted by Gasteiger charge is -2.38. The fourth-order valence-corrected chi connectivity index (χ4v) is 7.90. The van der Waals surface area contributed by atoms with E-state index in [0.717, 1.165) is 54.8 Å². The number of aliphatic hydroxyl groups is 1. The maximum absolute atomic E-state index is 12.5. The molecule has 0 radical (unpaired) electrons. The van der Waals surface area contributed by atoms with E-state index in [1.807, 2.05) is 35.0 Å². The monoisotopic (exact) mass is 636 g/mol. The second-order valence-corrected chi connectivity index (χ2v) is 14.7. The van der Waals surface area contributed by atoms with Crippen molar-refractivity contribution in [1.29, 1.82) is 0 Å². The second-order valence-electron chi connectivity index (χ2n) is 12.3. The lowest BCUT2D eigenvalue weighted by molar-refractivity contribution is 0.0631. The fourth-order valence-electron chi connectivity index (χ4n) is 6.95. The molecule has 0 bridgehead atoms. The first-order chi connectivity index (χ1) is 21.2. The molecule has 0 amide bonds. The number of aromatic nitrogens is 3. The molecule has 2 fully saturated rings. The largest absolute Gasteiger partial charge is 0.390 e. The van der Waals surface area contributed by atoms with E-state index in [1.165, 1.54) is 36.2 Å². The van der Waals surface area contributed by atoms with Crippen LogP contribution in [0.15, 0.2) is 42.6 Å². The number of aliphatic hydroxyl groups excluding tert-OH is 1. The topological polar surface area (TPSA) is 104 Å². The molecule has 3 aromatic rings. The van der Waals surface area contributed by atoms with Gasteiger partial charge < -0.3 is 15.3 Å². The van der Waals surface area contributed by atoms with Crippen LogP contribution in [0.3, 0.4) is 0 Å². The van der Waals surface area contributed by atoms with Crippen LogP contribution in [0.5, 0.6) is 0 Å². The van der Waals surface area contributed by atoms with Crippen molar-refractivity contribution in [3.8, 4) is 23.1 Å². The highest BCUT2D eigenvalue weighted by Gasteiger charge is 2.32. The Hall–Kier alpha value is -2.78.